The zero-order valence-corrected chi connectivity index (χ0v) is 12.5. The molecule has 0 saturated carbocycles. The Balaban J connectivity index is 0.00000147. The van der Waals surface area contributed by atoms with E-state index in [-0.39, 0.29) is 23.7 Å². The Morgan fingerprint density at radius 2 is 2.20 bits per heavy atom. The summed E-state index contributed by atoms with van der Waals surface area (Å²) in [5, 5.41) is 3.04. The molecule has 1 N–H and O–H groups in total. The number of carbonyl (C=O) groups excluding carboxylic acids is 1. The molecule has 0 radical (unpaired) electrons. The van der Waals surface area contributed by atoms with Gasteiger partial charge in [0.15, 0.2) is 0 Å². The van der Waals surface area contributed by atoms with Gasteiger partial charge in [0.05, 0.1) is 12.0 Å². The molecule has 5 heteroatoms. The average molecular weight is 297 g/mol. The lowest BCUT2D eigenvalue weighted by molar-refractivity contribution is -0.122. The second-order valence-corrected chi connectivity index (χ2v) is 5.45. The number of hydrogen-bond donors (Lipinski definition) is 1. The minimum atomic E-state index is -0.345. The Hall–Kier alpha value is -1.10. The van der Waals surface area contributed by atoms with E-state index in [1.54, 1.807) is 7.11 Å². The largest absolute Gasteiger partial charge is 0.383 e. The number of piperidine rings is 1. The average Bonchev–Trinajstić information content (AvgIpc) is 2.70. The summed E-state index contributed by atoms with van der Waals surface area (Å²) in [5.41, 5.74) is 1.81. The first-order chi connectivity index (χ1) is 9.26. The molecule has 1 aromatic rings. The third-order valence-electron chi connectivity index (χ3n) is 4.31. The maximum absolute atomic E-state index is 12.5. The van der Waals surface area contributed by atoms with E-state index in [1.165, 1.54) is 5.56 Å². The van der Waals surface area contributed by atoms with Crippen molar-refractivity contribution >= 4 is 24.0 Å². The van der Waals surface area contributed by atoms with Crippen LogP contribution in [0, 0.1) is 0 Å². The summed E-state index contributed by atoms with van der Waals surface area (Å²) in [6, 6.07) is 8.09. The molecule has 2 aliphatic rings. The van der Waals surface area contributed by atoms with Gasteiger partial charge in [0.1, 0.15) is 0 Å². The van der Waals surface area contributed by atoms with Crippen molar-refractivity contribution in [2.24, 2.45) is 0 Å². The topological polar surface area (TPSA) is 41.6 Å². The van der Waals surface area contributed by atoms with E-state index in [0.29, 0.717) is 0 Å². The van der Waals surface area contributed by atoms with E-state index >= 15 is 0 Å². The first-order valence-electron chi connectivity index (χ1n) is 6.88. The molecular weight excluding hydrogens is 276 g/mol. The molecular formula is C15H21ClN2O2. The molecule has 1 spiro atoms. The monoisotopic (exact) mass is 296 g/mol. The molecule has 0 aromatic heterocycles. The van der Waals surface area contributed by atoms with Gasteiger partial charge in [-0.2, -0.15) is 0 Å². The molecule has 4 nitrogen and oxygen atoms in total. The number of amides is 1. The van der Waals surface area contributed by atoms with Crippen LogP contribution in [0.1, 0.15) is 18.4 Å². The molecule has 3 rings (SSSR count). The molecule has 1 amide bonds. The summed E-state index contributed by atoms with van der Waals surface area (Å²) in [6.07, 6.45) is 2.00. The zero-order valence-electron chi connectivity index (χ0n) is 11.7. The van der Waals surface area contributed by atoms with Crippen molar-refractivity contribution in [1.29, 1.82) is 0 Å². The summed E-state index contributed by atoms with van der Waals surface area (Å²) < 4.78 is 5.15. The van der Waals surface area contributed by atoms with Gasteiger partial charge in [-0.05, 0) is 31.0 Å². The Morgan fingerprint density at radius 3 is 3.00 bits per heavy atom. The lowest BCUT2D eigenvalue weighted by atomic mass is 9.75. The fourth-order valence-corrected chi connectivity index (χ4v) is 3.33. The van der Waals surface area contributed by atoms with E-state index in [2.05, 4.69) is 16.3 Å². The van der Waals surface area contributed by atoms with Crippen LogP contribution in [0.15, 0.2) is 24.3 Å². The second-order valence-electron chi connectivity index (χ2n) is 5.45. The number of methoxy groups -OCH3 is 1. The highest BCUT2D eigenvalue weighted by Gasteiger charge is 2.48. The molecule has 110 valence electrons. The molecule has 0 bridgehead atoms. The maximum Gasteiger partial charge on any atom is 0.236 e. The summed E-state index contributed by atoms with van der Waals surface area (Å²) in [4.78, 5) is 14.8. The number of benzene rings is 1. The number of ether oxygens (including phenoxy) is 1. The van der Waals surface area contributed by atoms with Crippen molar-refractivity contribution in [3.63, 3.8) is 0 Å². The molecule has 0 aliphatic carbocycles. The Morgan fingerprint density at radius 1 is 1.40 bits per heavy atom. The Bertz CT molecular complexity index is 495. The predicted molar refractivity (Wildman–Crippen MR) is 81.5 cm³/mol. The molecule has 1 saturated heterocycles. The minimum absolute atomic E-state index is 0. The summed E-state index contributed by atoms with van der Waals surface area (Å²) in [7, 11) is 1.72. The van der Waals surface area contributed by atoms with E-state index in [1.807, 2.05) is 18.2 Å². The summed E-state index contributed by atoms with van der Waals surface area (Å²) >= 11 is 0. The van der Waals surface area contributed by atoms with Crippen LogP contribution >= 0.6 is 12.4 Å². The van der Waals surface area contributed by atoms with Gasteiger partial charge in [-0.25, -0.2) is 0 Å². The predicted octanol–water partition coefficient (Wildman–Crippen LogP) is 2.04. The van der Waals surface area contributed by atoms with Crippen LogP contribution in [0.2, 0.25) is 0 Å². The second kappa shape index (κ2) is 6.12. The number of para-hydroxylation sites is 1. The highest BCUT2D eigenvalue weighted by molar-refractivity contribution is 6.06. The summed E-state index contributed by atoms with van der Waals surface area (Å²) in [6.45, 7) is 3.48. The van der Waals surface area contributed by atoms with Crippen LogP contribution in [-0.4, -0.2) is 44.2 Å². The van der Waals surface area contributed by atoms with E-state index < -0.39 is 0 Å². The third kappa shape index (κ3) is 2.43. The molecule has 1 fully saturated rings. The third-order valence-corrected chi connectivity index (χ3v) is 4.31. The highest BCUT2D eigenvalue weighted by atomic mass is 35.5. The van der Waals surface area contributed by atoms with Crippen LogP contribution < -0.4 is 5.32 Å². The highest BCUT2D eigenvalue weighted by Crippen LogP contribution is 2.43. The Labute approximate surface area is 125 Å². The van der Waals surface area contributed by atoms with Crippen molar-refractivity contribution < 1.29 is 9.53 Å². The van der Waals surface area contributed by atoms with Crippen molar-refractivity contribution in [3.05, 3.63) is 29.8 Å². The Kier molecular flexibility index (Phi) is 4.68. The summed E-state index contributed by atoms with van der Waals surface area (Å²) in [5.74, 6) is 0.163. The SMILES string of the molecule is COCCN1CCCC2(C1)C(=O)Nc1ccccc12.Cl. The van der Waals surface area contributed by atoms with Gasteiger partial charge in [-0.15, -0.1) is 12.4 Å². The van der Waals surface area contributed by atoms with Gasteiger partial charge < -0.3 is 10.1 Å². The molecule has 1 aromatic carbocycles. The van der Waals surface area contributed by atoms with Gasteiger partial charge in [0, 0.05) is 25.9 Å². The zero-order chi connectivity index (χ0) is 13.3. The number of fused-ring (bicyclic) bond motifs is 2. The lowest BCUT2D eigenvalue weighted by Gasteiger charge is -2.39. The van der Waals surface area contributed by atoms with Crippen molar-refractivity contribution in [1.82, 2.24) is 4.90 Å². The number of rotatable bonds is 3. The van der Waals surface area contributed by atoms with Crippen molar-refractivity contribution in [3.8, 4) is 0 Å². The number of carbonyl (C=O) groups is 1. The fraction of sp³-hybridized carbons (Fsp3) is 0.533. The number of nitrogens with one attached hydrogen (secondary N) is 1. The standard InChI is InChI=1S/C15H20N2O2.ClH/c1-19-10-9-17-8-4-7-15(11-17)12-5-2-3-6-13(12)16-14(15)18;/h2-3,5-6H,4,7-11H2,1H3,(H,16,18);1H. The van der Waals surface area contributed by atoms with E-state index in [0.717, 1.165) is 44.8 Å². The maximum atomic E-state index is 12.5. The van der Waals surface area contributed by atoms with Gasteiger partial charge in [-0.1, -0.05) is 18.2 Å². The number of likely N-dealkylation sites (tertiary alicyclic amines) is 1. The van der Waals surface area contributed by atoms with Gasteiger partial charge >= 0.3 is 0 Å². The minimum Gasteiger partial charge on any atom is -0.383 e. The van der Waals surface area contributed by atoms with E-state index in [9.17, 15) is 4.79 Å². The molecule has 2 heterocycles. The van der Waals surface area contributed by atoms with Crippen molar-refractivity contribution in [2.45, 2.75) is 18.3 Å². The number of hydrogen-bond acceptors (Lipinski definition) is 3. The molecule has 1 unspecified atom stereocenters. The van der Waals surface area contributed by atoms with Crippen LogP contribution in [0.4, 0.5) is 5.69 Å². The van der Waals surface area contributed by atoms with Crippen LogP contribution in [-0.2, 0) is 14.9 Å². The number of halogens is 1. The quantitative estimate of drug-likeness (QED) is 0.928. The van der Waals surface area contributed by atoms with Gasteiger partial charge in [-0.3, -0.25) is 9.69 Å². The van der Waals surface area contributed by atoms with Gasteiger partial charge in [0.25, 0.3) is 0 Å². The lowest BCUT2D eigenvalue weighted by Crippen LogP contribution is -2.50. The first kappa shape index (κ1) is 15.3. The fourth-order valence-electron chi connectivity index (χ4n) is 3.33. The first-order valence-corrected chi connectivity index (χ1v) is 6.88. The van der Waals surface area contributed by atoms with Crippen LogP contribution in [0.5, 0.6) is 0 Å². The van der Waals surface area contributed by atoms with Crippen LogP contribution in [0.25, 0.3) is 0 Å². The smallest absolute Gasteiger partial charge is 0.236 e. The number of anilines is 1. The van der Waals surface area contributed by atoms with E-state index in [4.69, 9.17) is 4.74 Å². The molecule has 20 heavy (non-hydrogen) atoms. The molecule has 1 atom stereocenters. The van der Waals surface area contributed by atoms with Crippen LogP contribution in [0.3, 0.4) is 0 Å². The van der Waals surface area contributed by atoms with Gasteiger partial charge in [0.2, 0.25) is 5.91 Å². The van der Waals surface area contributed by atoms with Crippen molar-refractivity contribution in [2.75, 3.05) is 38.7 Å². The molecule has 2 aliphatic heterocycles. The number of nitrogens with zero attached hydrogens (tertiary/aromatic N) is 1. The normalized spacial score (nSPS) is 25.1.